The van der Waals surface area contributed by atoms with Crippen LogP contribution in [-0.2, 0) is 0 Å². The van der Waals surface area contributed by atoms with E-state index >= 15 is 0 Å². The molecule has 0 aliphatic heterocycles. The second-order valence-electron chi connectivity index (χ2n) is 4.38. The van der Waals surface area contributed by atoms with Crippen LogP contribution in [0, 0.1) is 19.3 Å². The molecule has 2 aromatic carbocycles. The summed E-state index contributed by atoms with van der Waals surface area (Å²) in [6.07, 6.45) is 0. The number of halogens is 1. The first kappa shape index (κ1) is 13.6. The monoisotopic (exact) mass is 318 g/mol. The van der Waals surface area contributed by atoms with Crippen molar-refractivity contribution in [3.05, 3.63) is 57.6 Å². The number of nitrogens with two attached hydrogens (primary N) is 1. The molecule has 3 nitrogen and oxygen atoms in total. The molecule has 3 N–H and O–H groups in total. The van der Waals surface area contributed by atoms with Crippen LogP contribution in [0.5, 0.6) is 11.5 Å². The average Bonchev–Trinajstić information content (AvgIpc) is 2.34. The van der Waals surface area contributed by atoms with E-state index in [9.17, 15) is 0 Å². The van der Waals surface area contributed by atoms with Crippen molar-refractivity contribution in [2.45, 2.75) is 13.8 Å². The van der Waals surface area contributed by atoms with Crippen LogP contribution in [0.15, 0.2) is 40.9 Å². The van der Waals surface area contributed by atoms with Gasteiger partial charge in [0.2, 0.25) is 0 Å². The Morgan fingerprint density at radius 3 is 2.53 bits per heavy atom. The summed E-state index contributed by atoms with van der Waals surface area (Å²) in [5.41, 5.74) is 8.18. The zero-order valence-corrected chi connectivity index (χ0v) is 12.4. The maximum absolute atomic E-state index is 7.62. The van der Waals surface area contributed by atoms with E-state index in [0.717, 1.165) is 21.3 Å². The van der Waals surface area contributed by atoms with Crippen molar-refractivity contribution in [1.82, 2.24) is 0 Å². The zero-order valence-electron chi connectivity index (χ0n) is 10.8. The summed E-state index contributed by atoms with van der Waals surface area (Å²) in [6, 6.07) is 11.4. The average molecular weight is 319 g/mol. The summed E-state index contributed by atoms with van der Waals surface area (Å²) in [4.78, 5) is 0. The molecule has 0 saturated heterocycles. The van der Waals surface area contributed by atoms with Crippen molar-refractivity contribution in [2.24, 2.45) is 5.73 Å². The van der Waals surface area contributed by atoms with Gasteiger partial charge in [0.05, 0.1) is 5.56 Å². The van der Waals surface area contributed by atoms with Crippen molar-refractivity contribution in [3.63, 3.8) is 0 Å². The van der Waals surface area contributed by atoms with Crippen LogP contribution in [0.3, 0.4) is 0 Å². The number of hydrogen-bond donors (Lipinski definition) is 2. The molecule has 4 heteroatoms. The van der Waals surface area contributed by atoms with Crippen molar-refractivity contribution < 1.29 is 4.74 Å². The summed E-state index contributed by atoms with van der Waals surface area (Å²) < 4.78 is 6.95. The lowest BCUT2D eigenvalue weighted by Gasteiger charge is -2.14. The van der Waals surface area contributed by atoms with Crippen LogP contribution in [0.4, 0.5) is 0 Å². The van der Waals surface area contributed by atoms with Crippen LogP contribution in [0.25, 0.3) is 0 Å². The van der Waals surface area contributed by atoms with E-state index in [1.807, 2.05) is 44.2 Å². The minimum absolute atomic E-state index is 0.00784. The second-order valence-corrected chi connectivity index (χ2v) is 5.29. The maximum Gasteiger partial charge on any atom is 0.141 e. The summed E-state index contributed by atoms with van der Waals surface area (Å²) in [6.45, 7) is 3.92. The summed E-state index contributed by atoms with van der Waals surface area (Å²) in [5.74, 6) is 1.41. The van der Waals surface area contributed by atoms with Gasteiger partial charge in [0.15, 0.2) is 0 Å². The van der Waals surface area contributed by atoms with Crippen LogP contribution < -0.4 is 10.5 Å². The predicted octanol–water partition coefficient (Wildman–Crippen LogP) is 4.14. The van der Waals surface area contributed by atoms with Crippen LogP contribution in [0.2, 0.25) is 0 Å². The van der Waals surface area contributed by atoms with Crippen molar-refractivity contribution in [2.75, 3.05) is 0 Å². The number of aryl methyl sites for hydroxylation is 2. The van der Waals surface area contributed by atoms with E-state index < -0.39 is 0 Å². The van der Waals surface area contributed by atoms with Crippen LogP contribution in [0.1, 0.15) is 16.7 Å². The summed E-state index contributed by atoms with van der Waals surface area (Å²) in [7, 11) is 0. The summed E-state index contributed by atoms with van der Waals surface area (Å²) >= 11 is 3.42. The van der Waals surface area contributed by atoms with Crippen molar-refractivity contribution in [1.29, 1.82) is 5.41 Å². The molecular formula is C15H15BrN2O. The molecule has 0 spiro atoms. The van der Waals surface area contributed by atoms with Crippen molar-refractivity contribution >= 4 is 21.8 Å². The van der Waals surface area contributed by atoms with Gasteiger partial charge in [-0.15, -0.1) is 0 Å². The molecule has 0 radical (unpaired) electrons. The molecule has 0 saturated carbocycles. The smallest absolute Gasteiger partial charge is 0.141 e. The SMILES string of the molecule is Cc1cc(Br)ccc1Oc1c(C)cccc1C(=N)N. The second kappa shape index (κ2) is 5.45. The van der Waals surface area contributed by atoms with E-state index in [1.54, 1.807) is 6.07 Å². The highest BCUT2D eigenvalue weighted by Gasteiger charge is 2.11. The highest BCUT2D eigenvalue weighted by atomic mass is 79.9. The Balaban J connectivity index is 2.46. The number of para-hydroxylation sites is 1. The topological polar surface area (TPSA) is 59.1 Å². The Labute approximate surface area is 121 Å². The molecule has 0 aliphatic carbocycles. The van der Waals surface area contributed by atoms with Gasteiger partial charge in [0.25, 0.3) is 0 Å². The molecule has 0 aliphatic rings. The first-order valence-electron chi connectivity index (χ1n) is 5.87. The minimum atomic E-state index is 0.00784. The third kappa shape index (κ3) is 2.96. The molecular weight excluding hydrogens is 304 g/mol. The zero-order chi connectivity index (χ0) is 14.0. The van der Waals surface area contributed by atoms with Crippen LogP contribution >= 0.6 is 15.9 Å². The van der Waals surface area contributed by atoms with Gasteiger partial charge in [-0.1, -0.05) is 28.1 Å². The Kier molecular flexibility index (Phi) is 3.90. The number of nitrogen functional groups attached to an aromatic ring is 1. The number of nitrogens with one attached hydrogen (secondary N) is 1. The van der Waals surface area contributed by atoms with Gasteiger partial charge < -0.3 is 10.5 Å². The molecule has 0 heterocycles. The molecule has 0 fully saturated rings. The minimum Gasteiger partial charge on any atom is -0.456 e. The molecule has 0 atom stereocenters. The molecule has 0 amide bonds. The normalized spacial score (nSPS) is 10.3. The van der Waals surface area contributed by atoms with Gasteiger partial charge in [-0.2, -0.15) is 0 Å². The Morgan fingerprint density at radius 1 is 1.16 bits per heavy atom. The van der Waals surface area contributed by atoms with Gasteiger partial charge in [-0.05, 0) is 49.2 Å². The van der Waals surface area contributed by atoms with E-state index in [2.05, 4.69) is 15.9 Å². The predicted molar refractivity (Wildman–Crippen MR) is 81.1 cm³/mol. The standard InChI is InChI=1S/C15H15BrN2O/c1-9-4-3-5-12(15(17)18)14(9)19-13-7-6-11(16)8-10(13)2/h3-8H,1-2H3,(H3,17,18). The molecule has 0 unspecified atom stereocenters. The van der Waals surface area contributed by atoms with Gasteiger partial charge in [0, 0.05) is 4.47 Å². The third-order valence-corrected chi connectivity index (χ3v) is 3.34. The fourth-order valence-corrected chi connectivity index (χ4v) is 2.31. The maximum atomic E-state index is 7.62. The first-order valence-corrected chi connectivity index (χ1v) is 6.66. The Morgan fingerprint density at radius 2 is 1.89 bits per heavy atom. The number of amidine groups is 1. The fraction of sp³-hybridized carbons (Fsp3) is 0.133. The van der Waals surface area contributed by atoms with Gasteiger partial charge >= 0.3 is 0 Å². The lowest BCUT2D eigenvalue weighted by atomic mass is 10.1. The Hall–Kier alpha value is -1.81. The largest absolute Gasteiger partial charge is 0.456 e. The van der Waals surface area contributed by atoms with E-state index in [0.29, 0.717) is 11.3 Å². The lowest BCUT2D eigenvalue weighted by molar-refractivity contribution is 0.474. The number of benzene rings is 2. The number of ether oxygens (including phenoxy) is 1. The molecule has 19 heavy (non-hydrogen) atoms. The van der Waals surface area contributed by atoms with Gasteiger partial charge in [-0.3, -0.25) is 5.41 Å². The number of hydrogen-bond acceptors (Lipinski definition) is 2. The first-order chi connectivity index (χ1) is 8.99. The Bertz CT molecular complexity index is 638. The molecule has 0 aromatic heterocycles. The highest BCUT2D eigenvalue weighted by molar-refractivity contribution is 9.10. The van der Waals surface area contributed by atoms with Crippen LogP contribution in [-0.4, -0.2) is 5.84 Å². The molecule has 2 rings (SSSR count). The summed E-state index contributed by atoms with van der Waals surface area (Å²) in [5, 5.41) is 7.62. The lowest BCUT2D eigenvalue weighted by Crippen LogP contribution is -2.12. The third-order valence-electron chi connectivity index (χ3n) is 2.85. The van der Waals surface area contributed by atoms with Gasteiger partial charge in [0.1, 0.15) is 17.3 Å². The van der Waals surface area contributed by atoms with Crippen molar-refractivity contribution in [3.8, 4) is 11.5 Å². The van der Waals surface area contributed by atoms with E-state index in [-0.39, 0.29) is 5.84 Å². The fourth-order valence-electron chi connectivity index (χ4n) is 1.84. The molecule has 0 bridgehead atoms. The van der Waals surface area contributed by atoms with E-state index in [1.165, 1.54) is 0 Å². The highest BCUT2D eigenvalue weighted by Crippen LogP contribution is 2.31. The molecule has 2 aromatic rings. The van der Waals surface area contributed by atoms with E-state index in [4.69, 9.17) is 15.9 Å². The quantitative estimate of drug-likeness (QED) is 0.660. The number of rotatable bonds is 3. The molecule has 98 valence electrons. The van der Waals surface area contributed by atoms with Gasteiger partial charge in [-0.25, -0.2) is 0 Å².